The maximum absolute atomic E-state index is 13.0. The van der Waals surface area contributed by atoms with E-state index in [4.69, 9.17) is 11.6 Å². The monoisotopic (exact) mass is 341 g/mol. The molecule has 0 fully saturated rings. The molecule has 0 saturated carbocycles. The number of hydrogen-bond acceptors (Lipinski definition) is 3. The van der Waals surface area contributed by atoms with Gasteiger partial charge < -0.3 is 10.2 Å². The molecule has 2 amide bonds. The van der Waals surface area contributed by atoms with Crippen LogP contribution in [0.2, 0.25) is 5.02 Å². The van der Waals surface area contributed by atoms with E-state index < -0.39 is 5.92 Å². The largest absolute Gasteiger partial charge is 0.337 e. The third-order valence-corrected chi connectivity index (χ3v) is 4.82. The van der Waals surface area contributed by atoms with Gasteiger partial charge in [-0.1, -0.05) is 29.8 Å². The molecule has 2 aliphatic heterocycles. The number of fused-ring (bicyclic) bond motifs is 2. The van der Waals surface area contributed by atoms with Crippen molar-refractivity contribution in [3.63, 3.8) is 0 Å². The molecule has 2 aliphatic rings. The average molecular weight is 342 g/mol. The second-order valence-corrected chi connectivity index (χ2v) is 6.60. The third kappa shape index (κ3) is 2.65. The van der Waals surface area contributed by atoms with Gasteiger partial charge in [0.05, 0.1) is 10.9 Å². The summed E-state index contributed by atoms with van der Waals surface area (Å²) in [6.07, 6.45) is 2.53. The number of rotatable bonds is 1. The van der Waals surface area contributed by atoms with E-state index in [0.29, 0.717) is 24.5 Å². The quantitative estimate of drug-likeness (QED) is 0.867. The normalized spacial score (nSPS) is 19.3. The number of halogens is 1. The lowest BCUT2D eigenvalue weighted by Gasteiger charge is -2.33. The van der Waals surface area contributed by atoms with E-state index in [9.17, 15) is 9.59 Å². The number of anilines is 1. The predicted octanol–water partition coefficient (Wildman–Crippen LogP) is 2.75. The number of hydrogen-bond donors (Lipinski definition) is 1. The van der Waals surface area contributed by atoms with E-state index in [-0.39, 0.29) is 18.2 Å². The molecular weight excluding hydrogens is 326 g/mol. The molecule has 0 radical (unpaired) electrons. The van der Waals surface area contributed by atoms with Crippen molar-refractivity contribution in [1.82, 2.24) is 9.88 Å². The molecule has 1 aromatic heterocycles. The number of nitrogens with zero attached hydrogens (tertiary/aromatic N) is 2. The summed E-state index contributed by atoms with van der Waals surface area (Å²) in [6, 6.07) is 9.36. The number of amides is 2. The van der Waals surface area contributed by atoms with Crippen molar-refractivity contribution >= 4 is 29.1 Å². The highest BCUT2D eigenvalue weighted by Gasteiger charge is 2.34. The van der Waals surface area contributed by atoms with Crippen molar-refractivity contribution in [3.05, 3.63) is 58.4 Å². The van der Waals surface area contributed by atoms with Crippen LogP contribution in [0, 0.1) is 0 Å². The molecule has 1 atom stereocenters. The fourth-order valence-corrected chi connectivity index (χ4v) is 3.62. The smallest absolute Gasteiger partial charge is 0.231 e. The predicted molar refractivity (Wildman–Crippen MR) is 90.8 cm³/mol. The van der Waals surface area contributed by atoms with E-state index in [2.05, 4.69) is 10.3 Å². The van der Waals surface area contributed by atoms with Gasteiger partial charge in [0, 0.05) is 43.5 Å². The van der Waals surface area contributed by atoms with Gasteiger partial charge in [0.2, 0.25) is 11.8 Å². The summed E-state index contributed by atoms with van der Waals surface area (Å²) in [6.45, 7) is 1.10. The second-order valence-electron chi connectivity index (χ2n) is 6.16. The highest BCUT2D eigenvalue weighted by atomic mass is 35.5. The zero-order valence-electron chi connectivity index (χ0n) is 13.0. The second kappa shape index (κ2) is 5.91. The van der Waals surface area contributed by atoms with Gasteiger partial charge in [0.1, 0.15) is 0 Å². The first kappa shape index (κ1) is 15.1. The van der Waals surface area contributed by atoms with E-state index in [0.717, 1.165) is 22.5 Å². The summed E-state index contributed by atoms with van der Waals surface area (Å²) in [5.74, 6) is -0.555. The van der Waals surface area contributed by atoms with Crippen LogP contribution < -0.4 is 5.32 Å². The molecule has 24 heavy (non-hydrogen) atoms. The number of benzene rings is 1. The number of carbonyl (C=O) groups excluding carboxylic acids is 2. The Labute approximate surface area is 144 Å². The molecule has 1 aromatic carbocycles. The highest BCUT2D eigenvalue weighted by molar-refractivity contribution is 6.30. The summed E-state index contributed by atoms with van der Waals surface area (Å²) in [4.78, 5) is 31.2. The summed E-state index contributed by atoms with van der Waals surface area (Å²) < 4.78 is 0. The lowest BCUT2D eigenvalue weighted by molar-refractivity contribution is -0.135. The van der Waals surface area contributed by atoms with Crippen molar-refractivity contribution in [2.45, 2.75) is 25.3 Å². The van der Waals surface area contributed by atoms with Gasteiger partial charge in [-0.2, -0.15) is 0 Å². The molecule has 0 aliphatic carbocycles. The number of carbonyl (C=O) groups is 2. The Bertz CT molecular complexity index is 837. The molecule has 6 heteroatoms. The topological polar surface area (TPSA) is 62.3 Å². The van der Waals surface area contributed by atoms with Crippen LogP contribution in [0.5, 0.6) is 0 Å². The molecule has 0 spiro atoms. The Morgan fingerprint density at radius 3 is 3.04 bits per heavy atom. The van der Waals surface area contributed by atoms with Gasteiger partial charge in [-0.25, -0.2) is 0 Å². The maximum Gasteiger partial charge on any atom is 0.231 e. The molecular formula is C18H16ClN3O2. The van der Waals surface area contributed by atoms with E-state index in [1.165, 1.54) is 0 Å². The van der Waals surface area contributed by atoms with Gasteiger partial charge in [0.25, 0.3) is 0 Å². The minimum Gasteiger partial charge on any atom is -0.337 e. The standard InChI is InChI=1S/C18H16ClN3O2/c19-12-7-11-10-22(6-5-15(11)20-9-12)18(24)14-8-17(23)21-16-4-2-1-3-13(14)16/h1-4,7,9,14H,5-6,8,10H2,(H,21,23)/t14-/m0/s1. The van der Waals surface area contributed by atoms with E-state index >= 15 is 0 Å². The maximum atomic E-state index is 13.0. The highest BCUT2D eigenvalue weighted by Crippen LogP contribution is 2.34. The van der Waals surface area contributed by atoms with Crippen molar-refractivity contribution in [2.24, 2.45) is 0 Å². The van der Waals surface area contributed by atoms with E-state index in [1.54, 1.807) is 11.1 Å². The van der Waals surface area contributed by atoms with Crippen LogP contribution in [-0.2, 0) is 22.6 Å². The summed E-state index contributed by atoms with van der Waals surface area (Å²) in [5.41, 5.74) is 3.59. The number of para-hydroxylation sites is 1. The molecule has 122 valence electrons. The van der Waals surface area contributed by atoms with Gasteiger partial charge in [-0.05, 0) is 23.3 Å². The summed E-state index contributed by atoms with van der Waals surface area (Å²) >= 11 is 6.02. The van der Waals surface area contributed by atoms with Crippen molar-refractivity contribution in [2.75, 3.05) is 11.9 Å². The average Bonchev–Trinajstić information content (AvgIpc) is 2.59. The Kier molecular flexibility index (Phi) is 3.73. The van der Waals surface area contributed by atoms with Crippen LogP contribution in [0.25, 0.3) is 0 Å². The molecule has 0 saturated heterocycles. The van der Waals surface area contributed by atoms with Gasteiger partial charge in [0.15, 0.2) is 0 Å². The van der Waals surface area contributed by atoms with Crippen LogP contribution in [0.1, 0.15) is 29.2 Å². The van der Waals surface area contributed by atoms with Crippen molar-refractivity contribution in [3.8, 4) is 0 Å². The van der Waals surface area contributed by atoms with Crippen LogP contribution in [-0.4, -0.2) is 28.2 Å². The molecule has 2 aromatic rings. The van der Waals surface area contributed by atoms with Gasteiger partial charge in [-0.15, -0.1) is 0 Å². The lowest BCUT2D eigenvalue weighted by Crippen LogP contribution is -2.41. The number of pyridine rings is 1. The zero-order chi connectivity index (χ0) is 16.7. The zero-order valence-corrected chi connectivity index (χ0v) is 13.7. The molecule has 1 N–H and O–H groups in total. The fraction of sp³-hybridized carbons (Fsp3) is 0.278. The number of nitrogens with one attached hydrogen (secondary N) is 1. The van der Waals surface area contributed by atoms with Crippen molar-refractivity contribution in [1.29, 1.82) is 0 Å². The molecule has 4 rings (SSSR count). The minimum absolute atomic E-state index is 0.0112. The van der Waals surface area contributed by atoms with Crippen LogP contribution >= 0.6 is 11.6 Å². The van der Waals surface area contributed by atoms with Gasteiger partial charge >= 0.3 is 0 Å². The summed E-state index contributed by atoms with van der Waals surface area (Å²) in [7, 11) is 0. The molecule has 3 heterocycles. The Hall–Kier alpha value is -2.40. The van der Waals surface area contributed by atoms with Crippen molar-refractivity contribution < 1.29 is 9.59 Å². The first-order chi connectivity index (χ1) is 11.6. The Morgan fingerprint density at radius 1 is 1.33 bits per heavy atom. The van der Waals surface area contributed by atoms with E-state index in [1.807, 2.05) is 30.3 Å². The van der Waals surface area contributed by atoms with Crippen LogP contribution in [0.4, 0.5) is 5.69 Å². The Morgan fingerprint density at radius 2 is 2.17 bits per heavy atom. The lowest BCUT2D eigenvalue weighted by atomic mass is 9.88. The molecule has 5 nitrogen and oxygen atoms in total. The first-order valence-electron chi connectivity index (χ1n) is 7.92. The van der Waals surface area contributed by atoms with Gasteiger partial charge in [-0.3, -0.25) is 14.6 Å². The van der Waals surface area contributed by atoms with Crippen LogP contribution in [0.15, 0.2) is 36.5 Å². The fourth-order valence-electron chi connectivity index (χ4n) is 3.44. The molecule has 0 unspecified atom stereocenters. The summed E-state index contributed by atoms with van der Waals surface area (Å²) in [5, 5.41) is 3.41. The third-order valence-electron chi connectivity index (χ3n) is 4.62. The molecule has 0 bridgehead atoms. The first-order valence-corrected chi connectivity index (χ1v) is 8.30. The SMILES string of the molecule is O=C1C[C@H](C(=O)N2CCc3ncc(Cl)cc3C2)c2ccccc2N1. The van der Waals surface area contributed by atoms with Crippen LogP contribution in [0.3, 0.4) is 0 Å². The Balaban J connectivity index is 1.62. The number of aromatic nitrogens is 1. The minimum atomic E-state index is -0.427.